The van der Waals surface area contributed by atoms with Crippen LogP contribution in [-0.4, -0.2) is 22.2 Å². The first-order valence-electron chi connectivity index (χ1n) is 8.64. The Labute approximate surface area is 144 Å². The summed E-state index contributed by atoms with van der Waals surface area (Å²) in [5.41, 5.74) is 3.80. The summed E-state index contributed by atoms with van der Waals surface area (Å²) in [6.45, 7) is 2.80. The van der Waals surface area contributed by atoms with Gasteiger partial charge in [-0.05, 0) is 13.0 Å². The third-order valence-corrected chi connectivity index (χ3v) is 5.80. The van der Waals surface area contributed by atoms with Crippen LogP contribution in [0, 0.1) is 11.8 Å². The number of ether oxygens (including phenoxy) is 1. The van der Waals surface area contributed by atoms with Gasteiger partial charge in [0.2, 0.25) is 5.69 Å². The van der Waals surface area contributed by atoms with Gasteiger partial charge in [0.1, 0.15) is 11.6 Å². The smallest absolute Gasteiger partial charge is 0.335 e. The summed E-state index contributed by atoms with van der Waals surface area (Å²) in [4.78, 5) is 15.2. The minimum Gasteiger partial charge on any atom is -0.497 e. The molecular formula is C20H19N2O3+. The molecule has 0 aliphatic carbocycles. The van der Waals surface area contributed by atoms with Gasteiger partial charge in [0.05, 0.1) is 17.8 Å². The van der Waals surface area contributed by atoms with Gasteiger partial charge in [-0.1, -0.05) is 18.2 Å². The molecule has 1 aromatic carbocycles. The molecule has 0 saturated heterocycles. The highest BCUT2D eigenvalue weighted by molar-refractivity contribution is 6.07. The van der Waals surface area contributed by atoms with Crippen molar-refractivity contribution in [2.45, 2.75) is 26.0 Å². The molecule has 2 N–H and O–H groups in total. The van der Waals surface area contributed by atoms with Crippen LogP contribution in [0.2, 0.25) is 0 Å². The quantitative estimate of drug-likeness (QED) is 0.672. The molecular weight excluding hydrogens is 316 g/mol. The lowest BCUT2D eigenvalue weighted by Gasteiger charge is -2.36. The fraction of sp³-hybridized carbons (Fsp3) is 0.300. The van der Waals surface area contributed by atoms with Crippen molar-refractivity contribution >= 4 is 27.8 Å². The lowest BCUT2D eigenvalue weighted by Crippen LogP contribution is -2.53. The molecule has 0 radical (unpaired) electrons. The van der Waals surface area contributed by atoms with Gasteiger partial charge in [-0.15, -0.1) is 0 Å². The number of carbonyl (C=O) groups is 1. The van der Waals surface area contributed by atoms with Crippen LogP contribution >= 0.6 is 0 Å². The van der Waals surface area contributed by atoms with Gasteiger partial charge < -0.3 is 14.8 Å². The van der Waals surface area contributed by atoms with E-state index in [1.165, 1.54) is 22.7 Å². The number of nitrogens with one attached hydrogen (secondary N) is 1. The maximum Gasteiger partial charge on any atom is 0.335 e. The summed E-state index contributed by atoms with van der Waals surface area (Å²) in [7, 11) is 0. The second-order valence-corrected chi connectivity index (χ2v) is 7.07. The molecule has 3 atom stereocenters. The standard InChI is InChI=1S/C20H18N2O3/c1-11-15-9-22-7-6-13-12-4-2-3-5-17(12)21-19(13)18(22)8-14(15)16(10-25-11)20(23)24/h2-7,10-11,14-15H,8-9H2,1H3,(H,23,24)/p+1/t11-,14-,15+/m0/s1. The first-order chi connectivity index (χ1) is 12.1. The maximum absolute atomic E-state index is 11.7. The molecule has 0 spiro atoms. The summed E-state index contributed by atoms with van der Waals surface area (Å²) < 4.78 is 7.86. The van der Waals surface area contributed by atoms with Crippen molar-refractivity contribution < 1.29 is 19.2 Å². The maximum atomic E-state index is 11.7. The van der Waals surface area contributed by atoms with Gasteiger partial charge in [-0.3, -0.25) is 0 Å². The molecule has 5 heteroatoms. The predicted octanol–water partition coefficient (Wildman–Crippen LogP) is 2.78. The van der Waals surface area contributed by atoms with Crippen LogP contribution in [-0.2, 0) is 22.5 Å². The predicted molar refractivity (Wildman–Crippen MR) is 92.9 cm³/mol. The largest absolute Gasteiger partial charge is 0.497 e. The fourth-order valence-corrected chi connectivity index (χ4v) is 4.46. The van der Waals surface area contributed by atoms with Gasteiger partial charge in [0, 0.05) is 34.7 Å². The minimum atomic E-state index is -0.876. The first-order valence-corrected chi connectivity index (χ1v) is 8.64. The topological polar surface area (TPSA) is 66.2 Å². The van der Waals surface area contributed by atoms with Crippen LogP contribution in [0.1, 0.15) is 12.6 Å². The number of hydrogen-bond acceptors (Lipinski definition) is 2. The van der Waals surface area contributed by atoms with E-state index in [-0.39, 0.29) is 17.9 Å². The number of carboxylic acid groups (broad SMARTS) is 1. The number of rotatable bonds is 1. The van der Waals surface area contributed by atoms with Crippen LogP contribution in [0.5, 0.6) is 0 Å². The summed E-state index contributed by atoms with van der Waals surface area (Å²) in [5.74, 6) is -0.715. The Morgan fingerprint density at radius 1 is 1.28 bits per heavy atom. The zero-order valence-corrected chi connectivity index (χ0v) is 13.9. The number of pyridine rings is 1. The third kappa shape index (κ3) is 2.02. The van der Waals surface area contributed by atoms with Crippen LogP contribution in [0.15, 0.2) is 48.4 Å². The van der Waals surface area contributed by atoms with E-state index in [1.54, 1.807) is 0 Å². The van der Waals surface area contributed by atoms with Gasteiger partial charge in [0.25, 0.3) is 0 Å². The molecule has 0 saturated carbocycles. The monoisotopic (exact) mass is 335 g/mol. The normalized spacial score (nSPS) is 25.2. The molecule has 0 unspecified atom stereocenters. The van der Waals surface area contributed by atoms with E-state index in [4.69, 9.17) is 4.74 Å². The molecule has 0 bridgehead atoms. The van der Waals surface area contributed by atoms with Crippen LogP contribution in [0.4, 0.5) is 0 Å². The van der Waals surface area contributed by atoms with E-state index in [9.17, 15) is 9.90 Å². The van der Waals surface area contributed by atoms with Crippen molar-refractivity contribution in [3.8, 4) is 0 Å². The number of hydrogen-bond donors (Lipinski definition) is 2. The van der Waals surface area contributed by atoms with Crippen LogP contribution in [0.25, 0.3) is 21.8 Å². The van der Waals surface area contributed by atoms with Crippen LogP contribution in [0.3, 0.4) is 0 Å². The molecule has 126 valence electrons. The number of benzene rings is 1. The van der Waals surface area contributed by atoms with E-state index in [0.717, 1.165) is 17.6 Å². The second-order valence-electron chi connectivity index (χ2n) is 7.07. The molecule has 5 rings (SSSR count). The number of H-pyrrole nitrogens is 1. The Kier molecular flexibility index (Phi) is 2.95. The average Bonchev–Trinajstić information content (AvgIpc) is 3.00. The molecule has 5 nitrogen and oxygen atoms in total. The van der Waals surface area contributed by atoms with Crippen molar-refractivity contribution in [2.24, 2.45) is 11.8 Å². The zero-order chi connectivity index (χ0) is 17.1. The average molecular weight is 335 g/mol. The Hall–Kier alpha value is -2.82. The number of aliphatic carboxylic acids is 1. The highest BCUT2D eigenvalue weighted by Crippen LogP contribution is 2.38. The molecule has 25 heavy (non-hydrogen) atoms. The van der Waals surface area contributed by atoms with Crippen molar-refractivity contribution in [3.05, 3.63) is 54.1 Å². The van der Waals surface area contributed by atoms with Gasteiger partial charge in [-0.2, -0.15) is 0 Å². The number of para-hydroxylation sites is 1. The van der Waals surface area contributed by atoms with Gasteiger partial charge in [-0.25, -0.2) is 9.36 Å². The van der Waals surface area contributed by atoms with Crippen molar-refractivity contribution in [3.63, 3.8) is 0 Å². The molecule has 0 amide bonds. The zero-order valence-electron chi connectivity index (χ0n) is 13.9. The summed E-state index contributed by atoms with van der Waals surface area (Å²) in [6.07, 6.45) is 4.31. The minimum absolute atomic E-state index is 0.0155. The Morgan fingerprint density at radius 2 is 2.12 bits per heavy atom. The molecule has 3 aromatic rings. The highest BCUT2D eigenvalue weighted by Gasteiger charge is 2.45. The van der Waals surface area contributed by atoms with Crippen molar-refractivity contribution in [2.75, 3.05) is 0 Å². The number of nitrogens with zero attached hydrogens (tertiary/aromatic N) is 1. The second kappa shape index (κ2) is 5.09. The number of carboxylic acids is 1. The Balaban J connectivity index is 1.71. The molecule has 2 aliphatic heterocycles. The summed E-state index contributed by atoms with van der Waals surface area (Å²) >= 11 is 0. The third-order valence-electron chi connectivity index (χ3n) is 5.80. The first kappa shape index (κ1) is 14.5. The highest BCUT2D eigenvalue weighted by atomic mass is 16.5. The number of fused-ring (bicyclic) bond motifs is 6. The van der Waals surface area contributed by atoms with E-state index in [2.05, 4.69) is 33.9 Å². The molecule has 2 aliphatic rings. The summed E-state index contributed by atoms with van der Waals surface area (Å²) in [6, 6.07) is 10.4. The van der Waals surface area contributed by atoms with Crippen LogP contribution < -0.4 is 4.57 Å². The van der Waals surface area contributed by atoms with Crippen molar-refractivity contribution in [1.29, 1.82) is 0 Å². The Morgan fingerprint density at radius 3 is 2.96 bits per heavy atom. The van der Waals surface area contributed by atoms with E-state index >= 15 is 0 Å². The number of aromatic amines is 1. The molecule has 2 aromatic heterocycles. The summed E-state index contributed by atoms with van der Waals surface area (Å²) in [5, 5.41) is 12.0. The fourth-order valence-electron chi connectivity index (χ4n) is 4.46. The van der Waals surface area contributed by atoms with Gasteiger partial charge in [0.15, 0.2) is 12.7 Å². The lowest BCUT2D eigenvalue weighted by atomic mass is 9.76. The molecule has 0 fully saturated rings. The molecule has 4 heterocycles. The van der Waals surface area contributed by atoms with Crippen molar-refractivity contribution in [1.82, 2.24) is 4.98 Å². The van der Waals surface area contributed by atoms with E-state index in [1.807, 2.05) is 19.1 Å². The Bertz CT molecular complexity index is 1050. The number of aromatic nitrogens is 2. The SMILES string of the molecule is C[C@@H]1OC=C(C(=O)O)[C@H]2Cc3c4[nH]c5ccccc5c4cc[n+]3C[C@H]12. The van der Waals surface area contributed by atoms with E-state index < -0.39 is 5.97 Å². The van der Waals surface area contributed by atoms with Gasteiger partial charge >= 0.3 is 5.97 Å². The lowest BCUT2D eigenvalue weighted by molar-refractivity contribution is -0.717. The van der Waals surface area contributed by atoms with E-state index in [0.29, 0.717) is 12.0 Å².